The lowest BCUT2D eigenvalue weighted by molar-refractivity contribution is 0.0961. The van der Waals surface area contributed by atoms with Crippen LogP contribution >= 0.6 is 11.3 Å². The molecule has 2 N–H and O–H groups in total. The molecule has 0 atom stereocenters. The molecule has 7 heteroatoms. The van der Waals surface area contributed by atoms with E-state index in [1.807, 2.05) is 20.8 Å². The Hall–Kier alpha value is -2.80. The summed E-state index contributed by atoms with van der Waals surface area (Å²) in [6, 6.07) is 5.31. The van der Waals surface area contributed by atoms with E-state index in [4.69, 9.17) is 4.98 Å². The molecule has 28 heavy (non-hydrogen) atoms. The number of anilines is 1. The Labute approximate surface area is 167 Å². The van der Waals surface area contributed by atoms with Crippen molar-refractivity contribution >= 4 is 39.1 Å². The van der Waals surface area contributed by atoms with Gasteiger partial charge in [-0.3, -0.25) is 9.59 Å². The van der Waals surface area contributed by atoms with E-state index < -0.39 is 0 Å². The van der Waals surface area contributed by atoms with Crippen LogP contribution < -0.4 is 10.6 Å². The van der Waals surface area contributed by atoms with Crippen LogP contribution in [-0.2, 0) is 0 Å². The summed E-state index contributed by atoms with van der Waals surface area (Å²) < 4.78 is 0. The lowest BCUT2D eigenvalue weighted by atomic mass is 10.1. The number of thiophene rings is 1. The molecule has 0 bridgehead atoms. The average Bonchev–Trinajstić information content (AvgIpc) is 3.46. The molecule has 2 aromatic heterocycles. The number of hydrogen-bond donors (Lipinski definition) is 2. The molecule has 1 aliphatic carbocycles. The van der Waals surface area contributed by atoms with Crippen LogP contribution in [0.25, 0.3) is 10.2 Å². The van der Waals surface area contributed by atoms with Gasteiger partial charge in [0.2, 0.25) is 0 Å². The fraction of sp³-hybridized carbons (Fsp3) is 0.333. The van der Waals surface area contributed by atoms with Crippen molar-refractivity contribution in [2.45, 2.75) is 39.5 Å². The molecule has 4 rings (SSSR count). The van der Waals surface area contributed by atoms with Gasteiger partial charge in [-0.2, -0.15) is 0 Å². The highest BCUT2D eigenvalue weighted by atomic mass is 32.1. The maximum Gasteiger partial charge on any atom is 0.266 e. The molecular weight excluding hydrogens is 372 g/mol. The Morgan fingerprint density at radius 3 is 2.50 bits per heavy atom. The van der Waals surface area contributed by atoms with Gasteiger partial charge in [0.15, 0.2) is 0 Å². The summed E-state index contributed by atoms with van der Waals surface area (Å²) in [6.45, 7) is 5.75. The molecule has 1 saturated carbocycles. The number of carbonyl (C=O) groups is 2. The zero-order valence-electron chi connectivity index (χ0n) is 16.3. The van der Waals surface area contributed by atoms with Gasteiger partial charge in [-0.25, -0.2) is 9.97 Å². The third kappa shape index (κ3) is 3.16. The zero-order valence-corrected chi connectivity index (χ0v) is 17.2. The second-order valence-corrected chi connectivity index (χ2v) is 8.19. The Kier molecular flexibility index (Phi) is 4.63. The monoisotopic (exact) mass is 394 g/mol. The minimum Gasteiger partial charge on any atom is -0.355 e. The van der Waals surface area contributed by atoms with Crippen molar-refractivity contribution < 1.29 is 9.59 Å². The number of amides is 2. The smallest absolute Gasteiger partial charge is 0.266 e. The van der Waals surface area contributed by atoms with E-state index in [-0.39, 0.29) is 11.8 Å². The quantitative estimate of drug-likeness (QED) is 0.698. The van der Waals surface area contributed by atoms with Gasteiger partial charge in [-0.1, -0.05) is 6.07 Å². The number of nitrogens with one attached hydrogen (secondary N) is 2. The second kappa shape index (κ2) is 6.98. The lowest BCUT2D eigenvalue weighted by Gasteiger charge is -2.11. The minimum absolute atomic E-state index is 0.176. The molecule has 3 aromatic rings. The average molecular weight is 395 g/mol. The SMILES string of the molecule is CNC(=O)c1cccc(NC(=O)c2sc3nc(C4CC4)nc(C)c3c2C)c1C. The Morgan fingerprint density at radius 2 is 1.82 bits per heavy atom. The van der Waals surface area contributed by atoms with Crippen molar-refractivity contribution in [3.05, 3.63) is 51.3 Å². The van der Waals surface area contributed by atoms with E-state index in [0.29, 0.717) is 22.0 Å². The molecule has 0 radical (unpaired) electrons. The van der Waals surface area contributed by atoms with Crippen molar-refractivity contribution in [1.29, 1.82) is 0 Å². The predicted molar refractivity (Wildman–Crippen MR) is 111 cm³/mol. The minimum atomic E-state index is -0.190. The second-order valence-electron chi connectivity index (χ2n) is 7.19. The topological polar surface area (TPSA) is 84.0 Å². The molecule has 1 aromatic carbocycles. The van der Waals surface area contributed by atoms with Gasteiger partial charge in [0.25, 0.3) is 11.8 Å². The van der Waals surface area contributed by atoms with Crippen LogP contribution in [0.15, 0.2) is 18.2 Å². The number of carbonyl (C=O) groups excluding carboxylic acids is 2. The van der Waals surface area contributed by atoms with Crippen LogP contribution in [0.5, 0.6) is 0 Å². The third-order valence-corrected chi connectivity index (χ3v) is 6.38. The van der Waals surface area contributed by atoms with Crippen LogP contribution in [0.3, 0.4) is 0 Å². The number of nitrogens with zero attached hydrogens (tertiary/aromatic N) is 2. The van der Waals surface area contributed by atoms with E-state index in [2.05, 4.69) is 15.6 Å². The fourth-order valence-corrected chi connectivity index (χ4v) is 4.57. The van der Waals surface area contributed by atoms with Gasteiger partial charge in [0.05, 0.1) is 10.6 Å². The van der Waals surface area contributed by atoms with Gasteiger partial charge >= 0.3 is 0 Å². The highest BCUT2D eigenvalue weighted by molar-refractivity contribution is 7.20. The van der Waals surface area contributed by atoms with Crippen LogP contribution in [0.4, 0.5) is 5.69 Å². The molecule has 1 fully saturated rings. The third-order valence-electron chi connectivity index (χ3n) is 5.19. The summed E-state index contributed by atoms with van der Waals surface area (Å²) in [6.07, 6.45) is 2.28. The van der Waals surface area contributed by atoms with Gasteiger partial charge in [-0.05, 0) is 56.9 Å². The molecule has 0 unspecified atom stereocenters. The van der Waals surface area contributed by atoms with E-state index in [0.717, 1.165) is 45.7 Å². The summed E-state index contributed by atoms with van der Waals surface area (Å²) in [5, 5.41) is 6.55. The number of rotatable bonds is 4. The Balaban J connectivity index is 1.69. The number of fused-ring (bicyclic) bond motifs is 1. The maximum atomic E-state index is 13.0. The van der Waals surface area contributed by atoms with Crippen molar-refractivity contribution in [3.8, 4) is 0 Å². The zero-order chi connectivity index (χ0) is 20.0. The van der Waals surface area contributed by atoms with E-state index >= 15 is 0 Å². The first kappa shape index (κ1) is 18.6. The van der Waals surface area contributed by atoms with Crippen molar-refractivity contribution in [2.75, 3.05) is 12.4 Å². The maximum absolute atomic E-state index is 13.0. The number of aromatic nitrogens is 2. The van der Waals surface area contributed by atoms with Crippen LogP contribution in [-0.4, -0.2) is 28.8 Å². The first-order chi connectivity index (χ1) is 13.4. The summed E-state index contributed by atoms with van der Waals surface area (Å²) in [7, 11) is 1.59. The molecule has 0 aliphatic heterocycles. The van der Waals surface area contributed by atoms with Gasteiger partial charge < -0.3 is 10.6 Å². The first-order valence-corrected chi connectivity index (χ1v) is 10.1. The van der Waals surface area contributed by atoms with E-state index in [1.165, 1.54) is 11.3 Å². The standard InChI is InChI=1S/C21H22N4O2S/c1-10-14(19(26)22-4)6-5-7-15(10)24-20(27)17-11(2)16-12(3)23-18(13-8-9-13)25-21(16)28-17/h5-7,13H,8-9H2,1-4H3,(H,22,26)(H,24,27). The summed E-state index contributed by atoms with van der Waals surface area (Å²) in [5.41, 5.74) is 3.74. The largest absolute Gasteiger partial charge is 0.355 e. The highest BCUT2D eigenvalue weighted by Crippen LogP contribution is 2.40. The predicted octanol–water partition coefficient (Wildman–Crippen LogP) is 4.11. The summed E-state index contributed by atoms with van der Waals surface area (Å²) in [4.78, 5) is 35.9. The van der Waals surface area contributed by atoms with Crippen LogP contribution in [0.2, 0.25) is 0 Å². The van der Waals surface area contributed by atoms with Crippen LogP contribution in [0, 0.1) is 20.8 Å². The molecule has 1 aliphatic rings. The molecule has 6 nitrogen and oxygen atoms in total. The van der Waals surface area contributed by atoms with Crippen molar-refractivity contribution in [1.82, 2.24) is 15.3 Å². The molecule has 2 heterocycles. The van der Waals surface area contributed by atoms with E-state index in [9.17, 15) is 9.59 Å². The Morgan fingerprint density at radius 1 is 1.07 bits per heavy atom. The van der Waals surface area contributed by atoms with Crippen molar-refractivity contribution in [2.24, 2.45) is 0 Å². The fourth-order valence-electron chi connectivity index (χ4n) is 3.43. The summed E-state index contributed by atoms with van der Waals surface area (Å²) >= 11 is 1.40. The lowest BCUT2D eigenvalue weighted by Crippen LogP contribution is -2.20. The number of aryl methyl sites for hydroxylation is 2. The molecule has 144 valence electrons. The van der Waals surface area contributed by atoms with Gasteiger partial charge in [0.1, 0.15) is 10.7 Å². The highest BCUT2D eigenvalue weighted by Gasteiger charge is 2.28. The number of benzene rings is 1. The normalized spacial score (nSPS) is 13.6. The first-order valence-electron chi connectivity index (χ1n) is 9.31. The molecule has 0 spiro atoms. The molecule has 0 saturated heterocycles. The van der Waals surface area contributed by atoms with Gasteiger partial charge in [-0.15, -0.1) is 11.3 Å². The van der Waals surface area contributed by atoms with Crippen LogP contribution in [0.1, 0.15) is 61.4 Å². The van der Waals surface area contributed by atoms with Gasteiger partial charge in [0, 0.05) is 29.6 Å². The summed E-state index contributed by atoms with van der Waals surface area (Å²) in [5.74, 6) is 1.00. The van der Waals surface area contributed by atoms with Crippen molar-refractivity contribution in [3.63, 3.8) is 0 Å². The molecule has 2 amide bonds. The Bertz CT molecular complexity index is 1120. The number of hydrogen-bond acceptors (Lipinski definition) is 5. The van der Waals surface area contributed by atoms with E-state index in [1.54, 1.807) is 25.2 Å². The molecular formula is C21H22N4O2S.